The van der Waals surface area contributed by atoms with Gasteiger partial charge in [-0.1, -0.05) is 12.1 Å². The lowest BCUT2D eigenvalue weighted by molar-refractivity contribution is 0.151. The van der Waals surface area contributed by atoms with Gasteiger partial charge in [0.2, 0.25) is 0 Å². The Bertz CT molecular complexity index is 327. The van der Waals surface area contributed by atoms with Crippen LogP contribution in [0.25, 0.3) is 0 Å². The van der Waals surface area contributed by atoms with Crippen LogP contribution in [0.5, 0.6) is 5.75 Å². The summed E-state index contributed by atoms with van der Waals surface area (Å²) in [5.74, 6) is 0.491. The highest BCUT2D eigenvalue weighted by Crippen LogP contribution is 2.33. The number of hydrogen-bond donors (Lipinski definition) is 1. The summed E-state index contributed by atoms with van der Waals surface area (Å²) in [7, 11) is 0. The molecule has 1 aliphatic rings. The molecule has 70 valence electrons. The standard InChI is InChI=1S/C9H9F2NO/c10-9(11)5-1-2-6-7(12)4-13-8(6)3-5/h1-3,7,9H,4,12H2. The van der Waals surface area contributed by atoms with Crippen molar-refractivity contribution in [1.29, 1.82) is 0 Å². The van der Waals surface area contributed by atoms with E-state index in [1.807, 2.05) is 0 Å². The van der Waals surface area contributed by atoms with Gasteiger partial charge in [-0.2, -0.15) is 0 Å². The van der Waals surface area contributed by atoms with Crippen molar-refractivity contribution in [1.82, 2.24) is 0 Å². The molecule has 0 radical (unpaired) electrons. The molecule has 1 aromatic carbocycles. The van der Waals surface area contributed by atoms with Crippen LogP contribution < -0.4 is 10.5 Å². The predicted octanol–water partition coefficient (Wildman–Crippen LogP) is 2.02. The van der Waals surface area contributed by atoms with Crippen molar-refractivity contribution in [3.63, 3.8) is 0 Å². The first kappa shape index (κ1) is 8.44. The molecule has 2 rings (SSSR count). The van der Waals surface area contributed by atoms with Crippen LogP contribution >= 0.6 is 0 Å². The van der Waals surface area contributed by atoms with Gasteiger partial charge in [-0.15, -0.1) is 0 Å². The van der Waals surface area contributed by atoms with E-state index in [-0.39, 0.29) is 11.6 Å². The lowest BCUT2D eigenvalue weighted by Gasteiger charge is -2.03. The van der Waals surface area contributed by atoms with Gasteiger partial charge < -0.3 is 10.5 Å². The van der Waals surface area contributed by atoms with Gasteiger partial charge >= 0.3 is 0 Å². The average Bonchev–Trinajstić information content (AvgIpc) is 2.47. The van der Waals surface area contributed by atoms with Crippen LogP contribution in [0.3, 0.4) is 0 Å². The van der Waals surface area contributed by atoms with Gasteiger partial charge in [-0.3, -0.25) is 0 Å². The fourth-order valence-electron chi connectivity index (χ4n) is 1.39. The molecule has 0 saturated carbocycles. The Morgan fingerprint density at radius 2 is 2.23 bits per heavy atom. The van der Waals surface area contributed by atoms with Crippen molar-refractivity contribution in [3.05, 3.63) is 29.3 Å². The van der Waals surface area contributed by atoms with Crippen LogP contribution in [0, 0.1) is 0 Å². The number of hydrogen-bond acceptors (Lipinski definition) is 2. The van der Waals surface area contributed by atoms with E-state index in [2.05, 4.69) is 0 Å². The highest BCUT2D eigenvalue weighted by molar-refractivity contribution is 5.42. The molecule has 0 aliphatic carbocycles. The van der Waals surface area contributed by atoms with Crippen molar-refractivity contribution in [2.75, 3.05) is 6.61 Å². The van der Waals surface area contributed by atoms with Gasteiger partial charge in [0.05, 0.1) is 6.04 Å². The molecule has 0 saturated heterocycles. The second kappa shape index (κ2) is 2.96. The number of benzene rings is 1. The lowest BCUT2D eigenvalue weighted by Crippen LogP contribution is -2.10. The minimum absolute atomic E-state index is 0.0205. The summed E-state index contributed by atoms with van der Waals surface area (Å²) in [5.41, 5.74) is 6.45. The molecule has 1 aromatic rings. The second-order valence-corrected chi connectivity index (χ2v) is 3.02. The van der Waals surface area contributed by atoms with E-state index in [1.165, 1.54) is 12.1 Å². The molecule has 2 nitrogen and oxygen atoms in total. The number of alkyl halides is 2. The van der Waals surface area contributed by atoms with Gasteiger partial charge in [0.25, 0.3) is 6.43 Å². The fraction of sp³-hybridized carbons (Fsp3) is 0.333. The first-order chi connectivity index (χ1) is 6.18. The summed E-state index contributed by atoms with van der Waals surface area (Å²) in [5, 5.41) is 0. The number of rotatable bonds is 1. The lowest BCUT2D eigenvalue weighted by atomic mass is 10.1. The van der Waals surface area contributed by atoms with Crippen molar-refractivity contribution in [3.8, 4) is 5.75 Å². The monoisotopic (exact) mass is 185 g/mol. The van der Waals surface area contributed by atoms with Crippen molar-refractivity contribution >= 4 is 0 Å². The molecule has 1 atom stereocenters. The van der Waals surface area contributed by atoms with Crippen LogP contribution in [0.2, 0.25) is 0 Å². The molecule has 1 heterocycles. The second-order valence-electron chi connectivity index (χ2n) is 3.02. The van der Waals surface area contributed by atoms with Gasteiger partial charge in [0, 0.05) is 11.1 Å². The normalized spacial score (nSPS) is 20.2. The summed E-state index contributed by atoms with van der Waals surface area (Å²) in [6, 6.07) is 4.17. The van der Waals surface area contributed by atoms with E-state index in [4.69, 9.17) is 10.5 Å². The Kier molecular flexibility index (Phi) is 1.92. The van der Waals surface area contributed by atoms with Gasteiger partial charge in [-0.25, -0.2) is 8.78 Å². The number of nitrogens with two attached hydrogens (primary N) is 1. The molecule has 2 N–H and O–H groups in total. The molecular formula is C9H9F2NO. The quantitative estimate of drug-likeness (QED) is 0.726. The first-order valence-electron chi connectivity index (χ1n) is 3.99. The third-order valence-electron chi connectivity index (χ3n) is 2.11. The topological polar surface area (TPSA) is 35.2 Å². The van der Waals surface area contributed by atoms with E-state index < -0.39 is 6.43 Å². The summed E-state index contributed by atoms with van der Waals surface area (Å²) in [6.07, 6.45) is -2.45. The zero-order valence-electron chi connectivity index (χ0n) is 6.84. The Balaban J connectivity index is 2.40. The van der Waals surface area contributed by atoms with Crippen LogP contribution in [0.1, 0.15) is 23.6 Å². The van der Waals surface area contributed by atoms with Crippen molar-refractivity contribution in [2.45, 2.75) is 12.5 Å². The van der Waals surface area contributed by atoms with Crippen LogP contribution in [-0.4, -0.2) is 6.61 Å². The zero-order valence-corrected chi connectivity index (χ0v) is 6.84. The van der Waals surface area contributed by atoms with E-state index in [1.54, 1.807) is 6.07 Å². The van der Waals surface area contributed by atoms with Crippen LogP contribution in [0.15, 0.2) is 18.2 Å². The van der Waals surface area contributed by atoms with E-state index >= 15 is 0 Å². The maximum atomic E-state index is 12.2. The molecular weight excluding hydrogens is 176 g/mol. The molecule has 0 amide bonds. The Labute approximate surface area is 74.3 Å². The van der Waals surface area contributed by atoms with Crippen LogP contribution in [0.4, 0.5) is 8.78 Å². The fourth-order valence-corrected chi connectivity index (χ4v) is 1.39. The highest BCUT2D eigenvalue weighted by atomic mass is 19.3. The Morgan fingerprint density at radius 1 is 1.46 bits per heavy atom. The smallest absolute Gasteiger partial charge is 0.263 e. The summed E-state index contributed by atoms with van der Waals surface area (Å²) in [6.45, 7) is 0.377. The van der Waals surface area contributed by atoms with Crippen molar-refractivity contribution < 1.29 is 13.5 Å². The van der Waals surface area contributed by atoms with E-state index in [9.17, 15) is 8.78 Å². The number of ether oxygens (including phenoxy) is 1. The van der Waals surface area contributed by atoms with Crippen LogP contribution in [-0.2, 0) is 0 Å². The highest BCUT2D eigenvalue weighted by Gasteiger charge is 2.21. The average molecular weight is 185 g/mol. The molecule has 0 bridgehead atoms. The molecule has 1 aliphatic heterocycles. The molecule has 1 unspecified atom stereocenters. The molecule has 0 aromatic heterocycles. The summed E-state index contributed by atoms with van der Waals surface area (Å²) >= 11 is 0. The summed E-state index contributed by atoms with van der Waals surface area (Å²) < 4.78 is 29.6. The van der Waals surface area contributed by atoms with Crippen molar-refractivity contribution in [2.24, 2.45) is 5.73 Å². The number of fused-ring (bicyclic) bond motifs is 1. The predicted molar refractivity (Wildman–Crippen MR) is 43.8 cm³/mol. The minimum Gasteiger partial charge on any atom is -0.491 e. The Hall–Kier alpha value is -1.16. The van der Waals surface area contributed by atoms with Gasteiger partial charge in [0.1, 0.15) is 12.4 Å². The maximum Gasteiger partial charge on any atom is 0.263 e. The zero-order chi connectivity index (χ0) is 9.42. The SMILES string of the molecule is NC1COc2cc(C(F)F)ccc21. The molecule has 0 spiro atoms. The maximum absolute atomic E-state index is 12.2. The third-order valence-corrected chi connectivity index (χ3v) is 2.11. The van der Waals surface area contributed by atoms with E-state index in [0.29, 0.717) is 12.4 Å². The molecule has 0 fully saturated rings. The molecule has 4 heteroatoms. The largest absolute Gasteiger partial charge is 0.491 e. The van der Waals surface area contributed by atoms with E-state index in [0.717, 1.165) is 5.56 Å². The van der Waals surface area contributed by atoms with Gasteiger partial charge in [0.15, 0.2) is 0 Å². The first-order valence-corrected chi connectivity index (χ1v) is 3.99. The van der Waals surface area contributed by atoms with Gasteiger partial charge in [-0.05, 0) is 6.07 Å². The minimum atomic E-state index is -2.45. The Morgan fingerprint density at radius 3 is 2.92 bits per heavy atom. The summed E-state index contributed by atoms with van der Waals surface area (Å²) in [4.78, 5) is 0. The number of halogens is 2. The molecule has 13 heavy (non-hydrogen) atoms. The third kappa shape index (κ3) is 1.37.